The second-order valence-corrected chi connectivity index (χ2v) is 5.48. The highest BCUT2D eigenvalue weighted by molar-refractivity contribution is 9.10. The van der Waals surface area contributed by atoms with E-state index < -0.39 is 6.61 Å². The predicted octanol–water partition coefficient (Wildman–Crippen LogP) is 4.32. The Labute approximate surface area is 135 Å². The van der Waals surface area contributed by atoms with Gasteiger partial charge in [-0.1, -0.05) is 46.3 Å². The second-order valence-electron chi connectivity index (χ2n) is 4.63. The van der Waals surface area contributed by atoms with Crippen molar-refractivity contribution in [3.8, 4) is 5.75 Å². The fraction of sp³-hybridized carbons (Fsp3) is 0.188. The molecule has 116 valence electrons. The minimum atomic E-state index is -2.97. The van der Waals surface area contributed by atoms with Crippen molar-refractivity contribution in [2.24, 2.45) is 0 Å². The van der Waals surface area contributed by atoms with Crippen molar-refractivity contribution in [1.82, 2.24) is 4.90 Å². The van der Waals surface area contributed by atoms with Crippen molar-refractivity contribution in [3.63, 3.8) is 0 Å². The van der Waals surface area contributed by atoms with Gasteiger partial charge in [0.15, 0.2) is 0 Å². The number of para-hydroxylation sites is 1. The van der Waals surface area contributed by atoms with Gasteiger partial charge in [-0.15, -0.1) is 0 Å². The molecule has 3 nitrogen and oxygen atoms in total. The summed E-state index contributed by atoms with van der Waals surface area (Å²) in [7, 11) is 1.61. The van der Waals surface area contributed by atoms with E-state index in [4.69, 9.17) is 0 Å². The maximum atomic E-state index is 12.4. The van der Waals surface area contributed by atoms with Crippen molar-refractivity contribution in [2.45, 2.75) is 13.2 Å². The first-order valence-electron chi connectivity index (χ1n) is 6.51. The minimum absolute atomic E-state index is 0.109. The molecule has 0 aromatic heterocycles. The summed E-state index contributed by atoms with van der Waals surface area (Å²) in [6.07, 6.45) is 0. The molecule has 0 spiro atoms. The van der Waals surface area contributed by atoms with Crippen molar-refractivity contribution in [2.75, 3.05) is 7.05 Å². The fourth-order valence-corrected chi connectivity index (χ4v) is 2.41. The average Bonchev–Trinajstić information content (AvgIpc) is 2.49. The van der Waals surface area contributed by atoms with Gasteiger partial charge in [0.1, 0.15) is 5.75 Å². The Hall–Kier alpha value is -1.95. The SMILES string of the molecule is CN(Cc1ccccc1Br)C(=O)c1ccccc1OC(F)F. The van der Waals surface area contributed by atoms with E-state index in [1.807, 2.05) is 24.3 Å². The number of carbonyl (C=O) groups excluding carboxylic acids is 1. The summed E-state index contributed by atoms with van der Waals surface area (Å²) in [4.78, 5) is 13.9. The number of carbonyl (C=O) groups is 1. The number of hydrogen-bond donors (Lipinski definition) is 0. The summed E-state index contributed by atoms with van der Waals surface area (Å²) < 4.78 is 30.1. The summed E-state index contributed by atoms with van der Waals surface area (Å²) >= 11 is 3.42. The van der Waals surface area contributed by atoms with Crippen LogP contribution in [0.1, 0.15) is 15.9 Å². The van der Waals surface area contributed by atoms with E-state index in [0.717, 1.165) is 10.0 Å². The number of rotatable bonds is 5. The molecule has 6 heteroatoms. The summed E-state index contributed by atoms with van der Waals surface area (Å²) in [6, 6.07) is 13.5. The van der Waals surface area contributed by atoms with Gasteiger partial charge in [0, 0.05) is 18.1 Å². The number of benzene rings is 2. The molecule has 0 aliphatic heterocycles. The predicted molar refractivity (Wildman–Crippen MR) is 83.0 cm³/mol. The Morgan fingerprint density at radius 1 is 1.18 bits per heavy atom. The molecule has 0 N–H and O–H groups in total. The lowest BCUT2D eigenvalue weighted by atomic mass is 10.1. The molecule has 0 fully saturated rings. The molecular formula is C16H14BrF2NO2. The van der Waals surface area contributed by atoms with Crippen LogP contribution < -0.4 is 4.74 Å². The fourth-order valence-electron chi connectivity index (χ4n) is 2.00. The van der Waals surface area contributed by atoms with Crippen molar-refractivity contribution in [1.29, 1.82) is 0 Å². The molecule has 2 aromatic rings. The zero-order valence-corrected chi connectivity index (χ0v) is 13.4. The third-order valence-electron chi connectivity index (χ3n) is 3.05. The number of nitrogens with zero attached hydrogens (tertiary/aromatic N) is 1. The molecular weight excluding hydrogens is 356 g/mol. The van der Waals surface area contributed by atoms with Gasteiger partial charge in [0.25, 0.3) is 5.91 Å². The highest BCUT2D eigenvalue weighted by Gasteiger charge is 2.19. The Morgan fingerprint density at radius 2 is 1.82 bits per heavy atom. The van der Waals surface area contributed by atoms with Crippen molar-refractivity contribution in [3.05, 3.63) is 64.1 Å². The van der Waals surface area contributed by atoms with Crippen LogP contribution in [0.25, 0.3) is 0 Å². The second kappa shape index (κ2) is 7.35. The zero-order chi connectivity index (χ0) is 16.1. The van der Waals surface area contributed by atoms with E-state index in [1.54, 1.807) is 19.2 Å². The van der Waals surface area contributed by atoms with Gasteiger partial charge >= 0.3 is 6.61 Å². The van der Waals surface area contributed by atoms with Crippen molar-refractivity contribution >= 4 is 21.8 Å². The molecule has 0 atom stereocenters. The lowest BCUT2D eigenvalue weighted by Gasteiger charge is -2.19. The normalized spacial score (nSPS) is 10.6. The standard InChI is InChI=1S/C16H14BrF2NO2/c1-20(10-11-6-2-4-8-13(11)17)15(21)12-7-3-5-9-14(12)22-16(18)19/h2-9,16H,10H2,1H3. The topological polar surface area (TPSA) is 29.5 Å². The Balaban J connectivity index is 2.19. The molecule has 0 radical (unpaired) electrons. The molecule has 0 aliphatic rings. The first-order valence-corrected chi connectivity index (χ1v) is 7.31. The first-order chi connectivity index (χ1) is 10.5. The Morgan fingerprint density at radius 3 is 2.50 bits per heavy atom. The Kier molecular flexibility index (Phi) is 5.49. The largest absolute Gasteiger partial charge is 0.434 e. The quantitative estimate of drug-likeness (QED) is 0.785. The maximum absolute atomic E-state index is 12.4. The van der Waals surface area contributed by atoms with Crippen LogP contribution in [-0.4, -0.2) is 24.5 Å². The number of amides is 1. The molecule has 0 saturated carbocycles. The molecule has 0 aliphatic carbocycles. The zero-order valence-electron chi connectivity index (χ0n) is 11.8. The molecule has 1 amide bonds. The van der Waals surface area contributed by atoms with Gasteiger partial charge in [0.2, 0.25) is 0 Å². The van der Waals surface area contributed by atoms with Gasteiger partial charge < -0.3 is 9.64 Å². The molecule has 0 saturated heterocycles. The molecule has 2 rings (SSSR count). The smallest absolute Gasteiger partial charge is 0.387 e. The van der Waals surface area contributed by atoms with Crippen LogP contribution in [0, 0.1) is 0 Å². The lowest BCUT2D eigenvalue weighted by Crippen LogP contribution is -2.27. The number of hydrogen-bond acceptors (Lipinski definition) is 2. The van der Waals surface area contributed by atoms with Crippen LogP contribution >= 0.6 is 15.9 Å². The maximum Gasteiger partial charge on any atom is 0.387 e. The summed E-state index contributed by atoms with van der Waals surface area (Å²) in [5, 5.41) is 0. The number of halogens is 3. The third-order valence-corrected chi connectivity index (χ3v) is 3.82. The summed E-state index contributed by atoms with van der Waals surface area (Å²) in [5.41, 5.74) is 1.03. The van der Waals surface area contributed by atoms with Crippen LogP contribution in [0.4, 0.5) is 8.78 Å². The van der Waals surface area contributed by atoms with Crippen LogP contribution in [0.5, 0.6) is 5.75 Å². The van der Waals surface area contributed by atoms with E-state index in [2.05, 4.69) is 20.7 Å². The van der Waals surface area contributed by atoms with Crippen LogP contribution in [-0.2, 0) is 6.54 Å². The van der Waals surface area contributed by atoms with Gasteiger partial charge in [-0.25, -0.2) is 0 Å². The Bertz CT molecular complexity index is 664. The van der Waals surface area contributed by atoms with Gasteiger partial charge in [0.05, 0.1) is 5.56 Å². The average molecular weight is 370 g/mol. The summed E-state index contributed by atoms with van der Waals surface area (Å²) in [6.45, 7) is -2.62. The molecule has 0 bridgehead atoms. The highest BCUT2D eigenvalue weighted by atomic mass is 79.9. The summed E-state index contributed by atoms with van der Waals surface area (Å²) in [5.74, 6) is -0.506. The highest BCUT2D eigenvalue weighted by Crippen LogP contribution is 2.23. The van der Waals surface area contributed by atoms with E-state index in [9.17, 15) is 13.6 Å². The van der Waals surface area contributed by atoms with Crippen LogP contribution in [0.2, 0.25) is 0 Å². The van der Waals surface area contributed by atoms with Gasteiger partial charge in [-0.05, 0) is 23.8 Å². The van der Waals surface area contributed by atoms with Crippen LogP contribution in [0.3, 0.4) is 0 Å². The van der Waals surface area contributed by atoms with Gasteiger partial charge in [-0.2, -0.15) is 8.78 Å². The molecule has 22 heavy (non-hydrogen) atoms. The van der Waals surface area contributed by atoms with E-state index >= 15 is 0 Å². The molecule has 0 unspecified atom stereocenters. The number of ether oxygens (including phenoxy) is 1. The number of alkyl halides is 2. The van der Waals surface area contributed by atoms with E-state index in [1.165, 1.54) is 17.0 Å². The first kappa shape index (κ1) is 16.4. The van der Waals surface area contributed by atoms with Gasteiger partial charge in [-0.3, -0.25) is 4.79 Å². The minimum Gasteiger partial charge on any atom is -0.434 e. The van der Waals surface area contributed by atoms with E-state index in [-0.39, 0.29) is 17.2 Å². The van der Waals surface area contributed by atoms with Crippen LogP contribution in [0.15, 0.2) is 53.0 Å². The molecule has 0 heterocycles. The van der Waals surface area contributed by atoms with Crippen molar-refractivity contribution < 1.29 is 18.3 Å². The third kappa shape index (κ3) is 4.04. The molecule has 2 aromatic carbocycles. The van der Waals surface area contributed by atoms with E-state index in [0.29, 0.717) is 6.54 Å². The lowest BCUT2D eigenvalue weighted by molar-refractivity contribution is -0.0502. The monoisotopic (exact) mass is 369 g/mol.